The largest absolute Gasteiger partial charge is 0.416 e. The minimum absolute atomic E-state index is 0.0306. The number of alkyl halides is 3. The molecule has 0 aromatic heterocycles. The minimum Gasteiger partial charge on any atom is -0.350 e. The van der Waals surface area contributed by atoms with Crippen molar-refractivity contribution in [3.8, 4) is 0 Å². The number of carbonyl (C=O) groups excluding carboxylic acids is 2. The fourth-order valence-electron chi connectivity index (χ4n) is 4.32. The molecule has 3 aromatic carbocycles. The number of anilines is 1. The number of carbonyl (C=O) groups is 2. The van der Waals surface area contributed by atoms with Crippen LogP contribution in [0, 0.1) is 0 Å². The van der Waals surface area contributed by atoms with Gasteiger partial charge in [-0.05, 0) is 62.2 Å². The number of amides is 2. The number of hydrogen-bond donors (Lipinski definition) is 1. The molecule has 0 spiro atoms. The maximum Gasteiger partial charge on any atom is 0.416 e. The fourth-order valence-corrected chi connectivity index (χ4v) is 5.91. The van der Waals surface area contributed by atoms with Crippen molar-refractivity contribution in [2.45, 2.75) is 51.5 Å². The molecule has 0 unspecified atom stereocenters. The molecular weight excluding hydrogens is 662 g/mol. The van der Waals surface area contributed by atoms with Crippen LogP contribution >= 0.6 is 34.8 Å². The van der Waals surface area contributed by atoms with Crippen LogP contribution in [-0.2, 0) is 38.8 Å². The predicted octanol–water partition coefficient (Wildman–Crippen LogP) is 6.99. The van der Waals surface area contributed by atoms with Crippen LogP contribution in [0.1, 0.15) is 37.5 Å². The number of sulfonamides is 1. The van der Waals surface area contributed by atoms with E-state index in [0.717, 1.165) is 17.2 Å². The highest BCUT2D eigenvalue weighted by Crippen LogP contribution is 2.36. The third-order valence-corrected chi connectivity index (χ3v) is 8.38. The Bertz CT molecular complexity index is 1620. The van der Waals surface area contributed by atoms with Gasteiger partial charge in [-0.3, -0.25) is 13.9 Å². The van der Waals surface area contributed by atoms with Crippen molar-refractivity contribution >= 4 is 62.3 Å². The summed E-state index contributed by atoms with van der Waals surface area (Å²) >= 11 is 18.7. The average Bonchev–Trinajstić information content (AvgIpc) is 2.89. The Morgan fingerprint density at radius 2 is 1.55 bits per heavy atom. The van der Waals surface area contributed by atoms with Crippen LogP contribution in [0.4, 0.5) is 18.9 Å². The maximum atomic E-state index is 14.2. The molecule has 0 saturated heterocycles. The highest BCUT2D eigenvalue weighted by atomic mass is 35.5. The predicted molar refractivity (Wildman–Crippen MR) is 167 cm³/mol. The molecule has 7 nitrogen and oxygen atoms in total. The monoisotopic (exact) mass is 691 g/mol. The van der Waals surface area contributed by atoms with E-state index < -0.39 is 57.4 Å². The van der Waals surface area contributed by atoms with E-state index in [1.807, 2.05) is 0 Å². The molecule has 14 heteroatoms. The topological polar surface area (TPSA) is 86.8 Å². The second kappa shape index (κ2) is 14.0. The maximum absolute atomic E-state index is 14.2. The average molecular weight is 693 g/mol. The van der Waals surface area contributed by atoms with Crippen molar-refractivity contribution in [1.82, 2.24) is 10.2 Å². The quantitative estimate of drug-likeness (QED) is 0.248. The molecule has 0 fully saturated rings. The van der Waals surface area contributed by atoms with Crippen molar-refractivity contribution in [2.75, 3.05) is 17.1 Å². The Kier molecular flexibility index (Phi) is 11.3. The molecular formula is C30H31Cl3F3N3O4S. The SMILES string of the molecule is CC(C)(C)NC(=O)[C@@H](Cc1ccccc1)N(Cc1ccc(Cl)cc1Cl)C(=O)CN(c1cc(C(F)(F)F)ccc1Cl)S(C)(=O)=O. The lowest BCUT2D eigenvalue weighted by Crippen LogP contribution is -2.56. The van der Waals surface area contributed by atoms with E-state index in [9.17, 15) is 31.2 Å². The van der Waals surface area contributed by atoms with E-state index in [1.165, 1.54) is 12.1 Å². The van der Waals surface area contributed by atoms with Gasteiger partial charge in [-0.1, -0.05) is 71.2 Å². The summed E-state index contributed by atoms with van der Waals surface area (Å²) in [7, 11) is -4.36. The van der Waals surface area contributed by atoms with Gasteiger partial charge in [0.25, 0.3) is 0 Å². The van der Waals surface area contributed by atoms with E-state index in [0.29, 0.717) is 32.6 Å². The van der Waals surface area contributed by atoms with Crippen LogP contribution in [-0.4, -0.2) is 49.5 Å². The van der Waals surface area contributed by atoms with Crippen LogP contribution in [0.3, 0.4) is 0 Å². The van der Waals surface area contributed by atoms with E-state index in [1.54, 1.807) is 57.2 Å². The van der Waals surface area contributed by atoms with Crippen LogP contribution in [0.5, 0.6) is 0 Å². The van der Waals surface area contributed by atoms with E-state index >= 15 is 0 Å². The van der Waals surface area contributed by atoms with Crippen molar-refractivity contribution in [1.29, 1.82) is 0 Å². The van der Waals surface area contributed by atoms with Crippen LogP contribution < -0.4 is 9.62 Å². The standard InChI is InChI=1S/C30H31Cl3F3N3O4S/c1-29(2,3)37-28(41)26(14-19-8-6-5-7-9-19)38(17-20-10-12-22(31)16-24(20)33)27(40)18-39(44(4,42)43)25-15-21(30(34,35)36)11-13-23(25)32/h5-13,15-16,26H,14,17-18H2,1-4H3,(H,37,41)/t26-/m1/s1. The lowest BCUT2D eigenvalue weighted by Gasteiger charge is -2.35. The van der Waals surface area contributed by atoms with Crippen LogP contribution in [0.15, 0.2) is 66.7 Å². The van der Waals surface area contributed by atoms with Gasteiger partial charge in [0.1, 0.15) is 12.6 Å². The molecule has 0 aliphatic carbocycles. The summed E-state index contributed by atoms with van der Waals surface area (Å²) in [5.74, 6) is -1.43. The van der Waals surface area contributed by atoms with Gasteiger partial charge in [-0.25, -0.2) is 8.42 Å². The summed E-state index contributed by atoms with van der Waals surface area (Å²) in [6.07, 6.45) is -4.04. The summed E-state index contributed by atoms with van der Waals surface area (Å²) in [5.41, 5.74) is -1.31. The third-order valence-electron chi connectivity index (χ3n) is 6.35. The van der Waals surface area contributed by atoms with Crippen molar-refractivity contribution < 1.29 is 31.2 Å². The van der Waals surface area contributed by atoms with E-state index in [2.05, 4.69) is 5.32 Å². The fraction of sp³-hybridized carbons (Fsp3) is 0.333. The van der Waals surface area contributed by atoms with Crippen LogP contribution in [0.25, 0.3) is 0 Å². The zero-order chi connectivity index (χ0) is 33.0. The number of rotatable bonds is 10. The third kappa shape index (κ3) is 9.76. The molecule has 3 aromatic rings. The molecule has 0 aliphatic rings. The van der Waals surface area contributed by atoms with Gasteiger partial charge < -0.3 is 10.2 Å². The Morgan fingerprint density at radius 1 is 0.909 bits per heavy atom. The number of halogens is 6. The minimum atomic E-state index is -4.81. The Balaban J connectivity index is 2.16. The molecule has 2 amide bonds. The Morgan fingerprint density at radius 3 is 2.09 bits per heavy atom. The summed E-state index contributed by atoms with van der Waals surface area (Å²) in [6.45, 7) is 4.06. The molecule has 1 N–H and O–H groups in total. The zero-order valence-corrected chi connectivity index (χ0v) is 27.3. The molecule has 1 atom stereocenters. The van der Waals surface area contributed by atoms with Gasteiger partial charge in [-0.2, -0.15) is 13.2 Å². The van der Waals surface area contributed by atoms with Crippen LogP contribution in [0.2, 0.25) is 15.1 Å². The Hall–Kier alpha value is -2.99. The Labute approximate surface area is 269 Å². The van der Waals surface area contributed by atoms with Gasteiger partial charge in [0.05, 0.1) is 22.5 Å². The first kappa shape index (κ1) is 35.5. The van der Waals surface area contributed by atoms with Gasteiger partial charge in [0.15, 0.2) is 0 Å². The zero-order valence-electron chi connectivity index (χ0n) is 24.3. The summed E-state index contributed by atoms with van der Waals surface area (Å²) in [6, 6.07) is 14.4. The lowest BCUT2D eigenvalue weighted by molar-refractivity contribution is -0.140. The first-order valence-corrected chi connectivity index (χ1v) is 16.2. The number of nitrogens with one attached hydrogen (secondary N) is 1. The number of nitrogens with zero attached hydrogens (tertiary/aromatic N) is 2. The van der Waals surface area contributed by atoms with Crippen molar-refractivity contribution in [3.63, 3.8) is 0 Å². The first-order valence-electron chi connectivity index (χ1n) is 13.2. The molecule has 0 saturated carbocycles. The second-order valence-electron chi connectivity index (χ2n) is 11.1. The van der Waals surface area contributed by atoms with E-state index in [4.69, 9.17) is 34.8 Å². The number of benzene rings is 3. The first-order chi connectivity index (χ1) is 20.3. The molecule has 0 radical (unpaired) electrons. The van der Waals surface area contributed by atoms with Crippen molar-refractivity contribution in [2.24, 2.45) is 0 Å². The summed E-state index contributed by atoms with van der Waals surface area (Å²) in [5, 5.41) is 3.05. The smallest absolute Gasteiger partial charge is 0.350 e. The van der Waals surface area contributed by atoms with E-state index in [-0.39, 0.29) is 23.0 Å². The molecule has 44 heavy (non-hydrogen) atoms. The number of hydrogen-bond acceptors (Lipinski definition) is 4. The second-order valence-corrected chi connectivity index (χ2v) is 14.3. The normalized spacial score (nSPS) is 12.9. The molecule has 0 heterocycles. The van der Waals surface area contributed by atoms with Gasteiger partial charge >= 0.3 is 6.18 Å². The lowest BCUT2D eigenvalue weighted by atomic mass is 10.0. The van der Waals surface area contributed by atoms with Gasteiger partial charge in [0, 0.05) is 28.5 Å². The highest BCUT2D eigenvalue weighted by molar-refractivity contribution is 7.92. The molecule has 0 bridgehead atoms. The summed E-state index contributed by atoms with van der Waals surface area (Å²) < 4.78 is 67.0. The highest BCUT2D eigenvalue weighted by Gasteiger charge is 2.36. The van der Waals surface area contributed by atoms with Gasteiger partial charge in [-0.15, -0.1) is 0 Å². The van der Waals surface area contributed by atoms with Crippen molar-refractivity contribution in [3.05, 3.63) is 98.5 Å². The molecule has 238 valence electrons. The molecule has 0 aliphatic heterocycles. The molecule has 3 rings (SSSR count). The van der Waals surface area contributed by atoms with Gasteiger partial charge in [0.2, 0.25) is 21.8 Å². The summed E-state index contributed by atoms with van der Waals surface area (Å²) in [4.78, 5) is 29.1.